The highest BCUT2D eigenvalue weighted by Gasteiger charge is 2.15. The molecule has 2 aromatic rings. The van der Waals surface area contributed by atoms with Crippen LogP contribution in [0.25, 0.3) is 10.8 Å². The number of carbonyl (C=O) groups excluding carboxylic acids is 2. The largest absolute Gasteiger partial charge is 0.466 e. The number of ether oxygens (including phenoxy) is 2. The van der Waals surface area contributed by atoms with Gasteiger partial charge in [-0.05, 0) is 12.1 Å². The van der Waals surface area contributed by atoms with Gasteiger partial charge in [0, 0.05) is 0 Å². The minimum atomic E-state index is -0.839. The Kier molecular flexibility index (Phi) is 4.60. The normalized spacial score (nSPS) is 11.1. The highest BCUT2D eigenvalue weighted by Crippen LogP contribution is 2.19. The van der Waals surface area contributed by atoms with E-state index in [2.05, 4.69) is 25.0 Å². The van der Waals surface area contributed by atoms with Gasteiger partial charge in [0.05, 0.1) is 36.8 Å². The van der Waals surface area contributed by atoms with Crippen LogP contribution in [0.1, 0.15) is 0 Å². The van der Waals surface area contributed by atoms with E-state index in [1.54, 1.807) is 0 Å². The van der Waals surface area contributed by atoms with E-state index in [1.165, 1.54) is 18.2 Å². The van der Waals surface area contributed by atoms with E-state index in [0.717, 1.165) is 20.3 Å². The fourth-order valence-corrected chi connectivity index (χ4v) is 1.91. The summed E-state index contributed by atoms with van der Waals surface area (Å²) in [6.45, 7) is 0. The summed E-state index contributed by atoms with van der Waals surface area (Å²) in [6, 6.07) is 4.45. The summed E-state index contributed by atoms with van der Waals surface area (Å²) in [5, 5.41) is 7.17. The van der Waals surface area contributed by atoms with Crippen molar-refractivity contribution in [2.45, 2.75) is 0 Å². The van der Waals surface area contributed by atoms with Crippen LogP contribution in [0.4, 0.5) is 5.69 Å². The van der Waals surface area contributed by atoms with Crippen molar-refractivity contribution in [1.29, 1.82) is 0 Å². The van der Waals surface area contributed by atoms with Crippen LogP contribution in [0.2, 0.25) is 0 Å². The monoisotopic (exact) mass is 319 g/mol. The third kappa shape index (κ3) is 3.28. The molecule has 0 aliphatic carbocycles. The van der Waals surface area contributed by atoms with Crippen molar-refractivity contribution in [2.24, 2.45) is 0 Å². The summed E-state index contributed by atoms with van der Waals surface area (Å²) in [6.07, 6.45) is 0.881. The lowest BCUT2D eigenvalue weighted by Gasteiger charge is -2.10. The van der Waals surface area contributed by atoms with Crippen LogP contribution in [0, 0.1) is 0 Å². The molecule has 2 rings (SSSR count). The summed E-state index contributed by atoms with van der Waals surface area (Å²) in [5.74, 6) is -1.63. The third-order valence-corrected chi connectivity index (χ3v) is 2.96. The zero-order valence-electron chi connectivity index (χ0n) is 12.3. The third-order valence-electron chi connectivity index (χ3n) is 2.96. The molecule has 9 nitrogen and oxygen atoms in total. The molecule has 0 fully saturated rings. The van der Waals surface area contributed by atoms with Gasteiger partial charge in [-0.15, -0.1) is 0 Å². The molecule has 0 amide bonds. The van der Waals surface area contributed by atoms with E-state index < -0.39 is 23.1 Å². The molecule has 0 saturated carbocycles. The van der Waals surface area contributed by atoms with E-state index in [-0.39, 0.29) is 22.2 Å². The number of hydrogen-bond acceptors (Lipinski definition) is 7. The molecular formula is C14H13N3O6. The standard InChI is InChI=1S/C14H13N3O6/c1-22-10(18)6-9(14(21)23-2)15-8-5-3-4-7-11(8)13(20)17-16-12(7)19/h3-6,15H,1-2H3,(H,16,19)(H,17,20)/b9-6+. The summed E-state index contributed by atoms with van der Waals surface area (Å²) >= 11 is 0. The molecule has 0 saturated heterocycles. The molecule has 120 valence electrons. The first-order valence-electron chi connectivity index (χ1n) is 6.36. The first-order valence-corrected chi connectivity index (χ1v) is 6.36. The molecule has 1 heterocycles. The second-order valence-corrected chi connectivity index (χ2v) is 4.33. The molecule has 0 unspecified atom stereocenters. The van der Waals surface area contributed by atoms with E-state index in [4.69, 9.17) is 0 Å². The van der Waals surface area contributed by atoms with E-state index in [0.29, 0.717) is 0 Å². The number of benzene rings is 1. The molecule has 23 heavy (non-hydrogen) atoms. The highest BCUT2D eigenvalue weighted by atomic mass is 16.5. The van der Waals surface area contributed by atoms with Crippen LogP contribution in [0.5, 0.6) is 0 Å². The van der Waals surface area contributed by atoms with Gasteiger partial charge in [0.1, 0.15) is 5.70 Å². The number of aromatic nitrogens is 2. The topological polar surface area (TPSA) is 130 Å². The van der Waals surface area contributed by atoms with Gasteiger partial charge in [0.2, 0.25) is 0 Å². The van der Waals surface area contributed by atoms with Gasteiger partial charge < -0.3 is 14.8 Å². The Morgan fingerprint density at radius 2 is 1.78 bits per heavy atom. The van der Waals surface area contributed by atoms with Crippen molar-refractivity contribution in [2.75, 3.05) is 19.5 Å². The second kappa shape index (κ2) is 6.60. The van der Waals surface area contributed by atoms with E-state index >= 15 is 0 Å². The van der Waals surface area contributed by atoms with Gasteiger partial charge >= 0.3 is 11.9 Å². The Bertz CT molecular complexity index is 909. The number of H-pyrrole nitrogens is 2. The highest BCUT2D eigenvalue weighted by molar-refractivity contribution is 6.01. The summed E-state index contributed by atoms with van der Waals surface area (Å²) in [5.41, 5.74) is -1.15. The van der Waals surface area contributed by atoms with Crippen LogP contribution in [-0.4, -0.2) is 36.4 Å². The smallest absolute Gasteiger partial charge is 0.354 e. The molecule has 3 N–H and O–H groups in total. The Balaban J connectivity index is 2.60. The number of aromatic amines is 2. The molecule has 1 aromatic carbocycles. The average molecular weight is 319 g/mol. The van der Waals surface area contributed by atoms with Gasteiger partial charge in [-0.2, -0.15) is 0 Å². The van der Waals surface area contributed by atoms with Gasteiger partial charge in [-0.3, -0.25) is 19.8 Å². The lowest BCUT2D eigenvalue weighted by molar-refractivity contribution is -0.138. The summed E-state index contributed by atoms with van der Waals surface area (Å²) < 4.78 is 9.02. The fourth-order valence-electron chi connectivity index (χ4n) is 1.91. The molecule has 1 aromatic heterocycles. The zero-order valence-corrected chi connectivity index (χ0v) is 12.3. The second-order valence-electron chi connectivity index (χ2n) is 4.33. The summed E-state index contributed by atoms with van der Waals surface area (Å²) in [4.78, 5) is 46.8. The fraction of sp³-hybridized carbons (Fsp3) is 0.143. The van der Waals surface area contributed by atoms with Gasteiger partial charge in [-0.25, -0.2) is 9.59 Å². The minimum Gasteiger partial charge on any atom is -0.466 e. The molecule has 0 atom stereocenters. The number of hydrogen-bond donors (Lipinski definition) is 3. The van der Waals surface area contributed by atoms with Crippen molar-refractivity contribution in [3.8, 4) is 0 Å². The maximum atomic E-state index is 12.0. The zero-order chi connectivity index (χ0) is 17.0. The van der Waals surface area contributed by atoms with E-state index in [9.17, 15) is 19.2 Å². The number of nitrogens with one attached hydrogen (secondary N) is 3. The first kappa shape index (κ1) is 16.0. The molecule has 9 heteroatoms. The van der Waals surface area contributed by atoms with Crippen LogP contribution in [0.15, 0.2) is 39.6 Å². The number of carbonyl (C=O) groups is 2. The Labute approximate surface area is 128 Å². The van der Waals surface area contributed by atoms with Crippen molar-refractivity contribution in [3.05, 3.63) is 50.7 Å². The van der Waals surface area contributed by atoms with Gasteiger partial charge in [0.25, 0.3) is 11.1 Å². The maximum absolute atomic E-state index is 12.0. The van der Waals surface area contributed by atoms with Gasteiger partial charge in [-0.1, -0.05) is 6.07 Å². The number of esters is 2. The lowest BCUT2D eigenvalue weighted by Crippen LogP contribution is -2.21. The predicted octanol–water partition coefficient (Wildman–Crippen LogP) is -0.142. The number of anilines is 1. The van der Waals surface area contributed by atoms with Crippen LogP contribution >= 0.6 is 0 Å². The lowest BCUT2D eigenvalue weighted by atomic mass is 10.1. The van der Waals surface area contributed by atoms with Gasteiger partial charge in [0.15, 0.2) is 0 Å². The molecule has 0 bridgehead atoms. The molecule has 0 aliphatic heterocycles. The van der Waals surface area contributed by atoms with Crippen molar-refractivity contribution < 1.29 is 19.1 Å². The Hall–Kier alpha value is -3.36. The first-order chi connectivity index (χ1) is 11.0. The molecule has 0 aliphatic rings. The average Bonchev–Trinajstić information content (AvgIpc) is 2.56. The maximum Gasteiger partial charge on any atom is 0.354 e. The molecule has 0 radical (unpaired) electrons. The minimum absolute atomic E-state index is 0.0379. The summed E-state index contributed by atoms with van der Waals surface area (Å²) in [7, 11) is 2.28. The quantitative estimate of drug-likeness (QED) is 0.528. The van der Waals surface area contributed by atoms with Crippen molar-refractivity contribution in [1.82, 2.24) is 10.2 Å². The van der Waals surface area contributed by atoms with Crippen LogP contribution in [-0.2, 0) is 19.1 Å². The number of rotatable bonds is 4. The predicted molar refractivity (Wildman–Crippen MR) is 80.9 cm³/mol. The van der Waals surface area contributed by atoms with E-state index in [1.807, 2.05) is 0 Å². The Morgan fingerprint density at radius 1 is 1.09 bits per heavy atom. The SMILES string of the molecule is COC(=O)/C=C(/Nc1cccc2c(=O)[nH][nH]c(=O)c12)C(=O)OC. The number of fused-ring (bicyclic) bond motifs is 1. The van der Waals surface area contributed by atoms with Crippen molar-refractivity contribution >= 4 is 28.4 Å². The molecular weight excluding hydrogens is 306 g/mol. The van der Waals surface area contributed by atoms with Crippen LogP contribution in [0.3, 0.4) is 0 Å². The molecule has 0 spiro atoms. The number of methoxy groups -OCH3 is 2. The van der Waals surface area contributed by atoms with Crippen LogP contribution < -0.4 is 16.4 Å². The van der Waals surface area contributed by atoms with Crippen molar-refractivity contribution in [3.63, 3.8) is 0 Å². The Morgan fingerprint density at radius 3 is 2.43 bits per heavy atom.